The van der Waals surface area contributed by atoms with Crippen LogP contribution in [0.15, 0.2) is 24.3 Å². The highest BCUT2D eigenvalue weighted by atomic mass is 19.4. The highest BCUT2D eigenvalue weighted by Crippen LogP contribution is 2.51. The normalized spacial score (nSPS) is 21.4. The standard InChI is InChI=1S/C16H18F3NO3/c1-9(7-10(2)21)20-15(22)13-8-12(13)11-5-3-4-6-14(11)23-16(17,18)19/h3-6,9,12-13H,7-8H2,1-2H3,(H,20,22)/t9-,12+,13-/m0/s1. The summed E-state index contributed by atoms with van der Waals surface area (Å²) in [6.45, 7) is 3.16. The van der Waals surface area contributed by atoms with Crippen molar-refractivity contribution in [3.05, 3.63) is 29.8 Å². The summed E-state index contributed by atoms with van der Waals surface area (Å²) in [7, 11) is 0. The van der Waals surface area contributed by atoms with Crippen molar-refractivity contribution in [1.82, 2.24) is 5.32 Å². The average molecular weight is 329 g/mol. The Morgan fingerprint density at radius 2 is 2.00 bits per heavy atom. The molecule has 1 fully saturated rings. The SMILES string of the molecule is CC(=O)C[C@H](C)NC(=O)[C@H]1C[C@@H]1c1ccccc1OC(F)(F)F. The van der Waals surface area contributed by atoms with Crippen LogP contribution in [0.25, 0.3) is 0 Å². The Bertz CT molecular complexity index is 600. The largest absolute Gasteiger partial charge is 0.573 e. The summed E-state index contributed by atoms with van der Waals surface area (Å²) in [5.74, 6) is -1.22. The Morgan fingerprint density at radius 1 is 1.35 bits per heavy atom. The smallest absolute Gasteiger partial charge is 0.405 e. The molecule has 1 amide bonds. The van der Waals surface area contributed by atoms with Crippen LogP contribution in [0.3, 0.4) is 0 Å². The number of nitrogens with one attached hydrogen (secondary N) is 1. The van der Waals surface area contributed by atoms with Crippen LogP contribution >= 0.6 is 0 Å². The maximum atomic E-state index is 12.4. The molecule has 126 valence electrons. The molecule has 1 N–H and O–H groups in total. The molecule has 1 aromatic rings. The lowest BCUT2D eigenvalue weighted by Crippen LogP contribution is -2.35. The quantitative estimate of drug-likeness (QED) is 0.872. The van der Waals surface area contributed by atoms with E-state index in [0.717, 1.165) is 0 Å². The molecule has 0 heterocycles. The minimum absolute atomic E-state index is 0.0333. The van der Waals surface area contributed by atoms with Crippen molar-refractivity contribution in [1.29, 1.82) is 0 Å². The number of carbonyl (C=O) groups is 2. The Hall–Kier alpha value is -2.05. The van der Waals surface area contributed by atoms with Gasteiger partial charge in [0.2, 0.25) is 5.91 Å². The fourth-order valence-corrected chi connectivity index (χ4v) is 2.67. The number of hydrogen-bond donors (Lipinski definition) is 1. The van der Waals surface area contributed by atoms with Crippen LogP contribution in [0.1, 0.15) is 38.2 Å². The van der Waals surface area contributed by atoms with E-state index in [-0.39, 0.29) is 41.7 Å². The van der Waals surface area contributed by atoms with Gasteiger partial charge in [-0.3, -0.25) is 9.59 Å². The predicted molar refractivity (Wildman–Crippen MR) is 76.9 cm³/mol. The molecule has 0 bridgehead atoms. The lowest BCUT2D eigenvalue weighted by atomic mass is 10.1. The third kappa shape index (κ3) is 4.97. The topological polar surface area (TPSA) is 55.4 Å². The number of amides is 1. The van der Waals surface area contributed by atoms with Gasteiger partial charge in [0.1, 0.15) is 11.5 Å². The van der Waals surface area contributed by atoms with Gasteiger partial charge in [-0.2, -0.15) is 0 Å². The van der Waals surface area contributed by atoms with Gasteiger partial charge in [-0.05, 0) is 37.8 Å². The molecule has 23 heavy (non-hydrogen) atoms. The number of ether oxygens (including phenoxy) is 1. The summed E-state index contributed by atoms with van der Waals surface area (Å²) < 4.78 is 41.3. The molecule has 0 radical (unpaired) electrons. The third-order valence-electron chi connectivity index (χ3n) is 3.65. The van der Waals surface area contributed by atoms with Crippen molar-refractivity contribution < 1.29 is 27.5 Å². The van der Waals surface area contributed by atoms with Crippen molar-refractivity contribution in [3.63, 3.8) is 0 Å². The molecule has 1 saturated carbocycles. The first kappa shape index (κ1) is 17.3. The van der Waals surface area contributed by atoms with Crippen molar-refractivity contribution in [2.75, 3.05) is 0 Å². The van der Waals surface area contributed by atoms with Crippen LogP contribution < -0.4 is 10.1 Å². The summed E-state index contributed by atoms with van der Waals surface area (Å²) in [5.41, 5.74) is 0.379. The van der Waals surface area contributed by atoms with E-state index >= 15 is 0 Å². The fraction of sp³-hybridized carbons (Fsp3) is 0.500. The fourth-order valence-electron chi connectivity index (χ4n) is 2.67. The number of hydrogen-bond acceptors (Lipinski definition) is 3. The van der Waals surface area contributed by atoms with Crippen LogP contribution in [0.4, 0.5) is 13.2 Å². The van der Waals surface area contributed by atoms with Gasteiger partial charge in [-0.25, -0.2) is 0 Å². The first-order valence-corrected chi connectivity index (χ1v) is 7.32. The number of para-hydroxylation sites is 1. The number of rotatable bonds is 6. The molecular weight excluding hydrogens is 311 g/mol. The molecule has 0 spiro atoms. The van der Waals surface area contributed by atoms with E-state index in [1.165, 1.54) is 25.1 Å². The molecule has 0 aromatic heterocycles. The molecule has 0 unspecified atom stereocenters. The van der Waals surface area contributed by atoms with Gasteiger partial charge in [0.15, 0.2) is 0 Å². The van der Waals surface area contributed by atoms with Crippen LogP contribution in [-0.2, 0) is 9.59 Å². The summed E-state index contributed by atoms with van der Waals surface area (Å²) in [4.78, 5) is 23.1. The van der Waals surface area contributed by atoms with E-state index in [9.17, 15) is 22.8 Å². The van der Waals surface area contributed by atoms with E-state index in [1.54, 1.807) is 13.0 Å². The average Bonchev–Trinajstić information content (AvgIpc) is 3.16. The minimum atomic E-state index is -4.77. The van der Waals surface area contributed by atoms with Gasteiger partial charge >= 0.3 is 6.36 Å². The second-order valence-corrected chi connectivity index (χ2v) is 5.85. The Labute approximate surface area is 132 Å². The summed E-state index contributed by atoms with van der Waals surface area (Å²) in [5, 5.41) is 2.72. The van der Waals surface area contributed by atoms with E-state index in [2.05, 4.69) is 10.1 Å². The number of alkyl halides is 3. The zero-order valence-electron chi connectivity index (χ0n) is 12.8. The number of ketones is 1. The second kappa shape index (κ2) is 6.60. The third-order valence-corrected chi connectivity index (χ3v) is 3.65. The zero-order valence-corrected chi connectivity index (χ0v) is 12.8. The van der Waals surface area contributed by atoms with Crippen molar-refractivity contribution in [2.45, 2.75) is 45.0 Å². The lowest BCUT2D eigenvalue weighted by Gasteiger charge is -2.14. The summed E-state index contributed by atoms with van der Waals surface area (Å²) in [6, 6.07) is 5.57. The van der Waals surface area contributed by atoms with Crippen molar-refractivity contribution in [3.8, 4) is 5.75 Å². The number of carbonyl (C=O) groups excluding carboxylic acids is 2. The first-order valence-electron chi connectivity index (χ1n) is 7.32. The van der Waals surface area contributed by atoms with Gasteiger partial charge in [-0.1, -0.05) is 18.2 Å². The number of halogens is 3. The van der Waals surface area contributed by atoms with E-state index < -0.39 is 6.36 Å². The van der Waals surface area contributed by atoms with Crippen molar-refractivity contribution >= 4 is 11.7 Å². The maximum Gasteiger partial charge on any atom is 0.573 e. The van der Waals surface area contributed by atoms with E-state index in [4.69, 9.17) is 0 Å². The maximum absolute atomic E-state index is 12.4. The summed E-state index contributed by atoms with van der Waals surface area (Å²) >= 11 is 0. The van der Waals surface area contributed by atoms with Gasteiger partial charge in [0, 0.05) is 18.4 Å². The molecule has 1 aliphatic carbocycles. The van der Waals surface area contributed by atoms with Crippen LogP contribution in [0.5, 0.6) is 5.75 Å². The molecule has 0 aliphatic heterocycles. The van der Waals surface area contributed by atoms with Gasteiger partial charge in [-0.15, -0.1) is 13.2 Å². The molecule has 0 saturated heterocycles. The molecule has 3 atom stereocenters. The zero-order chi connectivity index (χ0) is 17.2. The first-order chi connectivity index (χ1) is 10.7. The molecule has 4 nitrogen and oxygen atoms in total. The van der Waals surface area contributed by atoms with Crippen LogP contribution in [0.2, 0.25) is 0 Å². The van der Waals surface area contributed by atoms with Crippen LogP contribution in [0, 0.1) is 5.92 Å². The van der Waals surface area contributed by atoms with Crippen LogP contribution in [-0.4, -0.2) is 24.1 Å². The molecule has 2 rings (SSSR count). The van der Waals surface area contributed by atoms with Gasteiger partial charge < -0.3 is 10.1 Å². The highest BCUT2D eigenvalue weighted by molar-refractivity contribution is 5.84. The van der Waals surface area contributed by atoms with Gasteiger partial charge in [0.05, 0.1) is 0 Å². The second-order valence-electron chi connectivity index (χ2n) is 5.85. The number of benzene rings is 1. The van der Waals surface area contributed by atoms with Crippen molar-refractivity contribution in [2.24, 2.45) is 5.92 Å². The minimum Gasteiger partial charge on any atom is -0.405 e. The molecule has 1 aromatic carbocycles. The Morgan fingerprint density at radius 3 is 2.61 bits per heavy atom. The van der Waals surface area contributed by atoms with E-state index in [1.807, 2.05) is 0 Å². The molecular formula is C16H18F3NO3. The Balaban J connectivity index is 2.01. The monoisotopic (exact) mass is 329 g/mol. The number of Topliss-reactive ketones (excluding diaryl/α,β-unsaturated/α-hetero) is 1. The predicted octanol–water partition coefficient (Wildman–Crippen LogP) is 3.17. The molecule has 1 aliphatic rings. The molecule has 7 heteroatoms. The highest BCUT2D eigenvalue weighted by Gasteiger charge is 2.46. The van der Waals surface area contributed by atoms with E-state index in [0.29, 0.717) is 12.0 Å². The summed E-state index contributed by atoms with van der Waals surface area (Å²) in [6.07, 6.45) is -4.06. The lowest BCUT2D eigenvalue weighted by molar-refractivity contribution is -0.274. The Kier molecular flexibility index (Phi) is 4.97. The van der Waals surface area contributed by atoms with Gasteiger partial charge in [0.25, 0.3) is 0 Å².